The van der Waals surface area contributed by atoms with E-state index in [2.05, 4.69) is 11.8 Å². The first-order valence-electron chi connectivity index (χ1n) is 7.01. The predicted molar refractivity (Wildman–Crippen MR) is 88.6 cm³/mol. The summed E-state index contributed by atoms with van der Waals surface area (Å²) in [7, 11) is -3.66. The van der Waals surface area contributed by atoms with Gasteiger partial charge >= 0.3 is 0 Å². The van der Waals surface area contributed by atoms with E-state index < -0.39 is 10.0 Å². The molecule has 1 atom stereocenters. The minimum absolute atomic E-state index is 0.173. The Morgan fingerprint density at radius 1 is 1.23 bits per heavy atom. The van der Waals surface area contributed by atoms with Gasteiger partial charge in [0.25, 0.3) is 0 Å². The lowest BCUT2D eigenvalue weighted by Crippen LogP contribution is -2.28. The van der Waals surface area contributed by atoms with E-state index in [4.69, 9.17) is 16.7 Å². The van der Waals surface area contributed by atoms with Gasteiger partial charge in [0.15, 0.2) is 0 Å². The predicted octanol–water partition coefficient (Wildman–Crippen LogP) is 2.94. The molecule has 1 aliphatic heterocycles. The molecule has 0 aliphatic carbocycles. The summed E-state index contributed by atoms with van der Waals surface area (Å²) in [5.41, 5.74) is 3.25. The minimum atomic E-state index is -3.66. The molecule has 0 amide bonds. The second-order valence-electron chi connectivity index (χ2n) is 5.64. The SMILES string of the molecule is CC1Cc2cc(S(N)(=O)=O)ccc2N1Cc1ccc(Cl)cc1. The molecule has 2 N–H and O–H groups in total. The van der Waals surface area contributed by atoms with Gasteiger partial charge < -0.3 is 4.90 Å². The Balaban J connectivity index is 1.91. The zero-order valence-electron chi connectivity index (χ0n) is 12.2. The summed E-state index contributed by atoms with van der Waals surface area (Å²) < 4.78 is 22.9. The van der Waals surface area contributed by atoms with Gasteiger partial charge in [-0.1, -0.05) is 23.7 Å². The van der Waals surface area contributed by atoms with Crippen molar-refractivity contribution in [2.75, 3.05) is 4.90 Å². The topological polar surface area (TPSA) is 63.4 Å². The maximum Gasteiger partial charge on any atom is 0.238 e. The van der Waals surface area contributed by atoms with Crippen molar-refractivity contribution >= 4 is 27.3 Å². The van der Waals surface area contributed by atoms with Crippen LogP contribution in [-0.4, -0.2) is 14.5 Å². The second kappa shape index (κ2) is 5.57. The molecule has 1 heterocycles. The van der Waals surface area contributed by atoms with Gasteiger partial charge in [-0.15, -0.1) is 0 Å². The van der Waals surface area contributed by atoms with Crippen LogP contribution in [0.4, 0.5) is 5.69 Å². The van der Waals surface area contributed by atoms with Crippen molar-refractivity contribution in [3.05, 3.63) is 58.6 Å². The van der Waals surface area contributed by atoms with Crippen molar-refractivity contribution in [2.24, 2.45) is 5.14 Å². The van der Waals surface area contributed by atoms with E-state index in [1.807, 2.05) is 30.3 Å². The van der Waals surface area contributed by atoms with Crippen LogP contribution in [0.15, 0.2) is 47.4 Å². The first-order valence-corrected chi connectivity index (χ1v) is 8.94. The number of benzene rings is 2. The monoisotopic (exact) mass is 336 g/mol. The summed E-state index contributed by atoms with van der Waals surface area (Å²) >= 11 is 5.92. The Labute approximate surface area is 135 Å². The van der Waals surface area contributed by atoms with Gasteiger partial charge in [-0.2, -0.15) is 0 Å². The molecule has 22 heavy (non-hydrogen) atoms. The number of anilines is 1. The molecular formula is C16H17ClN2O2S. The van der Waals surface area contributed by atoms with Crippen LogP contribution in [-0.2, 0) is 23.0 Å². The zero-order valence-corrected chi connectivity index (χ0v) is 13.7. The maximum atomic E-state index is 11.5. The van der Waals surface area contributed by atoms with Gasteiger partial charge in [-0.25, -0.2) is 13.6 Å². The Kier molecular flexibility index (Phi) is 3.89. The van der Waals surface area contributed by atoms with Gasteiger partial charge in [0, 0.05) is 23.3 Å². The van der Waals surface area contributed by atoms with Crippen LogP contribution >= 0.6 is 11.6 Å². The quantitative estimate of drug-likeness (QED) is 0.937. The molecule has 116 valence electrons. The number of rotatable bonds is 3. The number of hydrogen-bond donors (Lipinski definition) is 1. The van der Waals surface area contributed by atoms with E-state index in [0.717, 1.165) is 29.2 Å². The van der Waals surface area contributed by atoms with Crippen molar-refractivity contribution in [3.8, 4) is 0 Å². The molecule has 2 aromatic carbocycles. The van der Waals surface area contributed by atoms with Crippen LogP contribution in [0.25, 0.3) is 0 Å². The van der Waals surface area contributed by atoms with E-state index in [9.17, 15) is 8.42 Å². The van der Waals surface area contributed by atoms with E-state index in [-0.39, 0.29) is 4.90 Å². The lowest BCUT2D eigenvalue weighted by Gasteiger charge is -2.25. The minimum Gasteiger partial charge on any atom is -0.364 e. The molecular weight excluding hydrogens is 320 g/mol. The number of halogens is 1. The summed E-state index contributed by atoms with van der Waals surface area (Å²) in [6.45, 7) is 2.90. The molecule has 0 saturated carbocycles. The molecule has 3 rings (SSSR count). The molecule has 0 bridgehead atoms. The van der Waals surface area contributed by atoms with Gasteiger partial charge in [0.1, 0.15) is 0 Å². The number of nitrogens with two attached hydrogens (primary N) is 1. The summed E-state index contributed by atoms with van der Waals surface area (Å²) in [6, 6.07) is 13.2. The molecule has 0 fully saturated rings. The van der Waals surface area contributed by atoms with Crippen LogP contribution in [0.3, 0.4) is 0 Å². The fourth-order valence-corrected chi connectivity index (χ4v) is 3.57. The fourth-order valence-electron chi connectivity index (χ4n) is 2.88. The Morgan fingerprint density at radius 2 is 1.91 bits per heavy atom. The van der Waals surface area contributed by atoms with Gasteiger partial charge in [0.2, 0.25) is 10.0 Å². The molecule has 0 aromatic heterocycles. The van der Waals surface area contributed by atoms with Gasteiger partial charge in [0.05, 0.1) is 4.90 Å². The second-order valence-corrected chi connectivity index (χ2v) is 7.64. The average molecular weight is 337 g/mol. The van der Waals surface area contributed by atoms with E-state index in [1.165, 1.54) is 5.56 Å². The Hall–Kier alpha value is -1.56. The largest absolute Gasteiger partial charge is 0.364 e. The van der Waals surface area contributed by atoms with Crippen LogP contribution in [0, 0.1) is 0 Å². The van der Waals surface area contributed by atoms with E-state index in [1.54, 1.807) is 12.1 Å². The fraction of sp³-hybridized carbons (Fsp3) is 0.250. The number of hydrogen-bond acceptors (Lipinski definition) is 3. The molecule has 1 unspecified atom stereocenters. The van der Waals surface area contributed by atoms with Crippen molar-refractivity contribution in [2.45, 2.75) is 30.8 Å². The van der Waals surface area contributed by atoms with Crippen LogP contribution in [0.2, 0.25) is 5.02 Å². The molecule has 2 aromatic rings. The molecule has 0 spiro atoms. The third-order valence-electron chi connectivity index (χ3n) is 4.00. The smallest absolute Gasteiger partial charge is 0.238 e. The first kappa shape index (κ1) is 15.3. The third-order valence-corrected chi connectivity index (χ3v) is 5.17. The highest BCUT2D eigenvalue weighted by Gasteiger charge is 2.27. The van der Waals surface area contributed by atoms with Crippen LogP contribution < -0.4 is 10.0 Å². The lowest BCUT2D eigenvalue weighted by molar-refractivity contribution is 0.597. The number of primary sulfonamides is 1. The summed E-state index contributed by atoms with van der Waals surface area (Å²) in [5.74, 6) is 0. The standard InChI is InChI=1S/C16H17ClN2O2S/c1-11-8-13-9-15(22(18,20)21)6-7-16(13)19(11)10-12-2-4-14(17)5-3-12/h2-7,9,11H,8,10H2,1H3,(H2,18,20,21). The van der Waals surface area contributed by atoms with Crippen molar-refractivity contribution < 1.29 is 8.42 Å². The van der Waals surface area contributed by atoms with Crippen molar-refractivity contribution in [3.63, 3.8) is 0 Å². The maximum absolute atomic E-state index is 11.5. The van der Waals surface area contributed by atoms with E-state index in [0.29, 0.717) is 6.04 Å². The lowest BCUT2D eigenvalue weighted by atomic mass is 10.1. The molecule has 0 radical (unpaired) electrons. The first-order chi connectivity index (χ1) is 10.3. The van der Waals surface area contributed by atoms with E-state index >= 15 is 0 Å². The number of fused-ring (bicyclic) bond motifs is 1. The molecule has 0 saturated heterocycles. The highest BCUT2D eigenvalue weighted by molar-refractivity contribution is 7.89. The zero-order chi connectivity index (χ0) is 15.9. The van der Waals surface area contributed by atoms with Gasteiger partial charge in [-0.3, -0.25) is 0 Å². The van der Waals surface area contributed by atoms with Crippen LogP contribution in [0.5, 0.6) is 0 Å². The van der Waals surface area contributed by atoms with Gasteiger partial charge in [-0.05, 0) is 54.8 Å². The Bertz CT molecular complexity index is 803. The van der Waals surface area contributed by atoms with Crippen LogP contribution in [0.1, 0.15) is 18.1 Å². The highest BCUT2D eigenvalue weighted by atomic mass is 35.5. The summed E-state index contributed by atoms with van der Waals surface area (Å²) in [4.78, 5) is 2.44. The van der Waals surface area contributed by atoms with Crippen molar-refractivity contribution in [1.82, 2.24) is 0 Å². The number of sulfonamides is 1. The summed E-state index contributed by atoms with van der Waals surface area (Å²) in [6.07, 6.45) is 0.812. The number of nitrogens with zero attached hydrogens (tertiary/aromatic N) is 1. The normalized spacial score (nSPS) is 17.6. The average Bonchev–Trinajstić information content (AvgIpc) is 2.76. The third kappa shape index (κ3) is 2.97. The Morgan fingerprint density at radius 3 is 2.55 bits per heavy atom. The highest BCUT2D eigenvalue weighted by Crippen LogP contribution is 2.34. The molecule has 4 nitrogen and oxygen atoms in total. The molecule has 6 heteroatoms. The summed E-state index contributed by atoms with van der Waals surface area (Å²) in [5, 5.41) is 5.92. The van der Waals surface area contributed by atoms with Crippen molar-refractivity contribution in [1.29, 1.82) is 0 Å². The molecule has 1 aliphatic rings.